The van der Waals surface area contributed by atoms with Gasteiger partial charge in [-0.25, -0.2) is 0 Å². The van der Waals surface area contributed by atoms with Crippen LogP contribution in [0, 0.1) is 0 Å². The molecule has 0 bridgehead atoms. The largest absolute Gasteiger partial charge is 0.490 e. The van der Waals surface area contributed by atoms with Crippen molar-refractivity contribution in [1.29, 1.82) is 0 Å². The summed E-state index contributed by atoms with van der Waals surface area (Å²) in [4.78, 5) is 27.1. The first-order chi connectivity index (χ1) is 13.2. The number of ether oxygens (including phenoxy) is 2. The Morgan fingerprint density at radius 1 is 1.11 bits per heavy atom. The molecule has 7 heteroatoms. The van der Waals surface area contributed by atoms with Crippen molar-refractivity contribution in [3.05, 3.63) is 46.7 Å². The fraction of sp³-hybridized carbons (Fsp3) is 0.400. The number of carbonyl (C=O) groups is 2. The van der Waals surface area contributed by atoms with Gasteiger partial charge in [-0.2, -0.15) is 0 Å². The van der Waals surface area contributed by atoms with E-state index >= 15 is 0 Å². The van der Waals surface area contributed by atoms with E-state index in [2.05, 4.69) is 5.32 Å². The molecule has 1 fully saturated rings. The van der Waals surface area contributed by atoms with Crippen LogP contribution in [-0.4, -0.2) is 49.1 Å². The molecule has 0 spiro atoms. The summed E-state index contributed by atoms with van der Waals surface area (Å²) in [6, 6.07) is 11.1. The predicted molar refractivity (Wildman–Crippen MR) is 104 cm³/mol. The van der Waals surface area contributed by atoms with Crippen LogP contribution in [0.3, 0.4) is 0 Å². The van der Waals surface area contributed by atoms with E-state index in [9.17, 15) is 9.59 Å². The molecule has 1 aromatic heterocycles. The molecule has 0 unspecified atom stereocenters. The first-order valence-electron chi connectivity index (χ1n) is 9.14. The van der Waals surface area contributed by atoms with Gasteiger partial charge >= 0.3 is 0 Å². The van der Waals surface area contributed by atoms with Gasteiger partial charge < -0.3 is 19.7 Å². The van der Waals surface area contributed by atoms with Crippen molar-refractivity contribution in [2.45, 2.75) is 25.8 Å². The van der Waals surface area contributed by atoms with E-state index in [0.717, 1.165) is 17.7 Å². The summed E-state index contributed by atoms with van der Waals surface area (Å²) in [6.07, 6.45) is 1.50. The van der Waals surface area contributed by atoms with Crippen LogP contribution in [-0.2, 0) is 4.79 Å². The lowest BCUT2D eigenvalue weighted by atomic mass is 10.0. The Morgan fingerprint density at radius 2 is 1.81 bits per heavy atom. The molecule has 144 valence electrons. The molecule has 0 atom stereocenters. The molecule has 1 N–H and O–H groups in total. The zero-order valence-corrected chi connectivity index (χ0v) is 16.2. The molecule has 1 aliphatic rings. The number of carbonyl (C=O) groups excluding carboxylic acids is 2. The molecule has 2 amide bonds. The normalized spacial score (nSPS) is 14.6. The minimum atomic E-state index is -0.0515. The molecule has 0 radical (unpaired) electrons. The minimum absolute atomic E-state index is 0.0176. The lowest BCUT2D eigenvalue weighted by Gasteiger charge is -2.32. The number of nitrogens with zero attached hydrogens (tertiary/aromatic N) is 1. The van der Waals surface area contributed by atoms with E-state index in [0.29, 0.717) is 31.2 Å². The Morgan fingerprint density at radius 3 is 2.44 bits per heavy atom. The Bertz CT molecular complexity index is 755. The van der Waals surface area contributed by atoms with Crippen molar-refractivity contribution in [3.63, 3.8) is 0 Å². The third-order valence-electron chi connectivity index (χ3n) is 4.43. The van der Waals surface area contributed by atoms with Crippen LogP contribution in [0.2, 0.25) is 0 Å². The number of thiophene rings is 1. The summed E-state index contributed by atoms with van der Waals surface area (Å²) >= 11 is 1.43. The maximum atomic E-state index is 12.4. The number of hydrogen-bond acceptors (Lipinski definition) is 5. The second-order valence-electron chi connectivity index (χ2n) is 6.27. The van der Waals surface area contributed by atoms with Gasteiger partial charge in [0.2, 0.25) is 0 Å². The highest BCUT2D eigenvalue weighted by Crippen LogP contribution is 2.26. The van der Waals surface area contributed by atoms with Crippen molar-refractivity contribution >= 4 is 23.2 Å². The molecular formula is C20H24N2O4S. The molecule has 1 saturated heterocycles. The average molecular weight is 388 g/mol. The second kappa shape index (κ2) is 9.41. The molecule has 2 aromatic rings. The summed E-state index contributed by atoms with van der Waals surface area (Å²) < 4.78 is 11.2. The van der Waals surface area contributed by atoms with Crippen LogP contribution in [0.15, 0.2) is 41.8 Å². The number of hydrogen-bond donors (Lipinski definition) is 1. The third kappa shape index (κ3) is 5.23. The van der Waals surface area contributed by atoms with Gasteiger partial charge in [0, 0.05) is 19.1 Å². The third-order valence-corrected chi connectivity index (χ3v) is 5.30. The summed E-state index contributed by atoms with van der Waals surface area (Å²) in [5.41, 5.74) is 0. The van der Waals surface area contributed by atoms with E-state index in [1.54, 1.807) is 11.0 Å². The highest BCUT2D eigenvalue weighted by atomic mass is 32.1. The van der Waals surface area contributed by atoms with Gasteiger partial charge in [-0.3, -0.25) is 9.59 Å². The zero-order chi connectivity index (χ0) is 19.1. The first kappa shape index (κ1) is 19.2. The number of nitrogens with one attached hydrogen (secondary N) is 1. The van der Waals surface area contributed by atoms with Gasteiger partial charge in [-0.1, -0.05) is 18.2 Å². The average Bonchev–Trinajstić information content (AvgIpc) is 3.23. The smallest absolute Gasteiger partial charge is 0.261 e. The van der Waals surface area contributed by atoms with Crippen molar-refractivity contribution < 1.29 is 19.1 Å². The Hall–Kier alpha value is -2.54. The van der Waals surface area contributed by atoms with Crippen molar-refractivity contribution in [3.8, 4) is 11.5 Å². The number of amides is 2. The maximum absolute atomic E-state index is 12.4. The Labute approximate surface area is 163 Å². The van der Waals surface area contributed by atoms with E-state index in [4.69, 9.17) is 9.47 Å². The number of rotatable bonds is 7. The van der Waals surface area contributed by atoms with Gasteiger partial charge in [-0.05, 0) is 43.3 Å². The summed E-state index contributed by atoms with van der Waals surface area (Å²) in [5, 5.41) is 4.93. The predicted octanol–water partition coefficient (Wildman–Crippen LogP) is 2.95. The van der Waals surface area contributed by atoms with Crippen molar-refractivity contribution in [2.24, 2.45) is 0 Å². The first-order valence-corrected chi connectivity index (χ1v) is 10.0. The van der Waals surface area contributed by atoms with Gasteiger partial charge in [0.15, 0.2) is 18.1 Å². The quantitative estimate of drug-likeness (QED) is 0.792. The lowest BCUT2D eigenvalue weighted by Crippen LogP contribution is -2.47. The molecule has 27 heavy (non-hydrogen) atoms. The number of benzene rings is 1. The van der Waals surface area contributed by atoms with Crippen LogP contribution in [0.25, 0.3) is 0 Å². The molecule has 1 aliphatic heterocycles. The minimum Gasteiger partial charge on any atom is -0.490 e. The molecule has 3 rings (SSSR count). The van der Waals surface area contributed by atoms with Gasteiger partial charge in [0.1, 0.15) is 0 Å². The summed E-state index contributed by atoms with van der Waals surface area (Å²) in [7, 11) is 0. The molecule has 6 nitrogen and oxygen atoms in total. The van der Waals surface area contributed by atoms with Gasteiger partial charge in [0.25, 0.3) is 11.8 Å². The molecule has 0 saturated carbocycles. The summed E-state index contributed by atoms with van der Waals surface area (Å²) in [6.45, 7) is 3.66. The van der Waals surface area contributed by atoms with Crippen LogP contribution in [0.5, 0.6) is 11.5 Å². The number of para-hydroxylation sites is 2. The fourth-order valence-electron chi connectivity index (χ4n) is 3.01. The summed E-state index contributed by atoms with van der Waals surface area (Å²) in [5.74, 6) is 1.13. The highest BCUT2D eigenvalue weighted by molar-refractivity contribution is 7.12. The van der Waals surface area contributed by atoms with E-state index in [1.807, 2.05) is 42.6 Å². The Kier molecular flexibility index (Phi) is 6.70. The number of piperidine rings is 1. The van der Waals surface area contributed by atoms with E-state index in [1.165, 1.54) is 11.3 Å². The second-order valence-corrected chi connectivity index (χ2v) is 7.22. The zero-order valence-electron chi connectivity index (χ0n) is 15.3. The standard InChI is InChI=1S/C20H24N2O4S/c1-2-25-16-6-3-4-7-17(16)26-14-19(23)22-11-9-15(10-12-22)21-20(24)18-8-5-13-27-18/h3-8,13,15H,2,9-12,14H2,1H3,(H,21,24). The highest BCUT2D eigenvalue weighted by Gasteiger charge is 2.24. The fourth-order valence-corrected chi connectivity index (χ4v) is 3.64. The van der Waals surface area contributed by atoms with Crippen LogP contribution in [0.4, 0.5) is 0 Å². The topological polar surface area (TPSA) is 67.9 Å². The monoisotopic (exact) mass is 388 g/mol. The van der Waals surface area contributed by atoms with E-state index < -0.39 is 0 Å². The van der Waals surface area contributed by atoms with E-state index in [-0.39, 0.29) is 24.5 Å². The molecular weight excluding hydrogens is 364 g/mol. The van der Waals surface area contributed by atoms with Crippen molar-refractivity contribution in [2.75, 3.05) is 26.3 Å². The van der Waals surface area contributed by atoms with Crippen molar-refractivity contribution in [1.82, 2.24) is 10.2 Å². The molecule has 1 aromatic carbocycles. The van der Waals surface area contributed by atoms with Crippen LogP contribution in [0.1, 0.15) is 29.4 Å². The van der Waals surface area contributed by atoms with Crippen LogP contribution < -0.4 is 14.8 Å². The molecule has 2 heterocycles. The SMILES string of the molecule is CCOc1ccccc1OCC(=O)N1CCC(NC(=O)c2cccs2)CC1. The molecule has 0 aliphatic carbocycles. The maximum Gasteiger partial charge on any atom is 0.261 e. The van der Waals surface area contributed by atoms with Gasteiger partial charge in [-0.15, -0.1) is 11.3 Å². The number of likely N-dealkylation sites (tertiary alicyclic amines) is 1. The van der Waals surface area contributed by atoms with Gasteiger partial charge in [0.05, 0.1) is 11.5 Å². The van der Waals surface area contributed by atoms with Crippen LogP contribution >= 0.6 is 11.3 Å². The Balaban J connectivity index is 1.44. The lowest BCUT2D eigenvalue weighted by molar-refractivity contribution is -0.134.